The van der Waals surface area contributed by atoms with Crippen molar-refractivity contribution in [1.29, 1.82) is 0 Å². The number of thiazole rings is 1. The van der Waals surface area contributed by atoms with Crippen molar-refractivity contribution < 1.29 is 0 Å². The largest absolute Gasteiger partial charge is 0.360 e. The van der Waals surface area contributed by atoms with E-state index in [-0.39, 0.29) is 0 Å². The van der Waals surface area contributed by atoms with E-state index in [4.69, 9.17) is 0 Å². The lowest BCUT2D eigenvalue weighted by atomic mass is 10.3. The van der Waals surface area contributed by atoms with Gasteiger partial charge in [0.1, 0.15) is 0 Å². The lowest BCUT2D eigenvalue weighted by Gasteiger charge is -1.97. The zero-order valence-electron chi connectivity index (χ0n) is 11.7. The summed E-state index contributed by atoms with van der Waals surface area (Å²) in [5, 5.41) is 14.9. The molecule has 0 saturated carbocycles. The first-order valence-electron chi connectivity index (χ1n) is 6.84. The molecule has 0 aliphatic rings. The molecule has 0 aromatic carbocycles. The van der Waals surface area contributed by atoms with E-state index in [9.17, 15) is 0 Å². The zero-order chi connectivity index (χ0) is 13.7. The van der Waals surface area contributed by atoms with Gasteiger partial charge in [-0.2, -0.15) is 0 Å². The molecule has 0 amide bonds. The Kier molecular flexibility index (Phi) is 5.27. The molecule has 2 rings (SSSR count). The quantitative estimate of drug-likeness (QED) is 0.785. The molecule has 2 aromatic rings. The summed E-state index contributed by atoms with van der Waals surface area (Å²) in [6.07, 6.45) is 4.28. The van der Waals surface area contributed by atoms with Crippen LogP contribution in [0.3, 0.4) is 0 Å². The Morgan fingerprint density at radius 2 is 1.89 bits per heavy atom. The van der Waals surface area contributed by atoms with Crippen LogP contribution in [-0.4, -0.2) is 21.7 Å². The third-order valence-electron chi connectivity index (χ3n) is 2.80. The predicted octanol–water partition coefficient (Wildman–Crippen LogP) is 4.00. The van der Waals surface area contributed by atoms with Crippen molar-refractivity contribution in [1.82, 2.24) is 15.2 Å². The third-order valence-corrected chi connectivity index (χ3v) is 5.08. The van der Waals surface area contributed by atoms with Gasteiger partial charge in [0.15, 0.2) is 5.01 Å². The van der Waals surface area contributed by atoms with Crippen molar-refractivity contribution in [3.05, 3.63) is 10.7 Å². The SMILES string of the molecule is CCCCNc1nnc(-c2sc(CC)nc2CC)s1. The standard InChI is InChI=1S/C13H20N4S2/c1-4-7-8-14-13-17-16-12(19-13)11-9(5-2)15-10(6-3)18-11/h4-8H2,1-3H3,(H,14,17). The zero-order valence-corrected chi connectivity index (χ0v) is 13.3. The first-order valence-corrected chi connectivity index (χ1v) is 8.48. The van der Waals surface area contributed by atoms with E-state index < -0.39 is 0 Å². The Hall–Kier alpha value is -1.01. The number of hydrogen-bond donors (Lipinski definition) is 1. The molecule has 0 spiro atoms. The summed E-state index contributed by atoms with van der Waals surface area (Å²) in [6.45, 7) is 7.43. The van der Waals surface area contributed by atoms with Gasteiger partial charge in [0.25, 0.3) is 0 Å². The summed E-state index contributed by atoms with van der Waals surface area (Å²) >= 11 is 3.37. The summed E-state index contributed by atoms with van der Waals surface area (Å²) in [5.41, 5.74) is 1.15. The minimum absolute atomic E-state index is 0.914. The number of anilines is 1. The van der Waals surface area contributed by atoms with E-state index in [0.717, 1.165) is 41.6 Å². The number of unbranched alkanes of at least 4 members (excludes halogenated alkanes) is 1. The van der Waals surface area contributed by atoms with Gasteiger partial charge in [-0.3, -0.25) is 0 Å². The molecule has 0 saturated heterocycles. The van der Waals surface area contributed by atoms with Gasteiger partial charge in [0.05, 0.1) is 15.6 Å². The highest BCUT2D eigenvalue weighted by molar-refractivity contribution is 7.23. The van der Waals surface area contributed by atoms with Gasteiger partial charge >= 0.3 is 0 Å². The van der Waals surface area contributed by atoms with Gasteiger partial charge < -0.3 is 5.32 Å². The molecule has 4 nitrogen and oxygen atoms in total. The molecule has 0 bridgehead atoms. The summed E-state index contributed by atoms with van der Waals surface area (Å²) in [4.78, 5) is 5.84. The van der Waals surface area contributed by atoms with Crippen LogP contribution in [-0.2, 0) is 12.8 Å². The average molecular weight is 296 g/mol. The molecular weight excluding hydrogens is 276 g/mol. The maximum atomic E-state index is 4.65. The fraction of sp³-hybridized carbons (Fsp3) is 0.615. The minimum atomic E-state index is 0.914. The number of nitrogens with zero attached hydrogens (tertiary/aromatic N) is 3. The van der Waals surface area contributed by atoms with E-state index in [1.165, 1.54) is 16.3 Å². The van der Waals surface area contributed by atoms with Crippen LogP contribution in [0, 0.1) is 0 Å². The maximum Gasteiger partial charge on any atom is 0.206 e. The molecule has 1 N–H and O–H groups in total. The molecule has 0 fully saturated rings. The maximum absolute atomic E-state index is 4.65. The highest BCUT2D eigenvalue weighted by atomic mass is 32.1. The van der Waals surface area contributed by atoms with Gasteiger partial charge in [-0.15, -0.1) is 21.5 Å². The van der Waals surface area contributed by atoms with Crippen molar-refractivity contribution in [2.75, 3.05) is 11.9 Å². The van der Waals surface area contributed by atoms with Crippen LogP contribution in [0.15, 0.2) is 0 Å². The second-order valence-electron chi connectivity index (χ2n) is 4.28. The van der Waals surface area contributed by atoms with E-state index in [0.29, 0.717) is 0 Å². The van der Waals surface area contributed by atoms with E-state index in [1.807, 2.05) is 0 Å². The van der Waals surface area contributed by atoms with Gasteiger partial charge in [-0.05, 0) is 19.3 Å². The van der Waals surface area contributed by atoms with E-state index >= 15 is 0 Å². The average Bonchev–Trinajstić information content (AvgIpc) is 3.04. The van der Waals surface area contributed by atoms with Gasteiger partial charge in [-0.1, -0.05) is 38.5 Å². The lowest BCUT2D eigenvalue weighted by Crippen LogP contribution is -1.99. The Morgan fingerprint density at radius 3 is 2.58 bits per heavy atom. The van der Waals surface area contributed by atoms with Gasteiger partial charge in [0.2, 0.25) is 5.13 Å². The van der Waals surface area contributed by atoms with Crippen LogP contribution >= 0.6 is 22.7 Å². The van der Waals surface area contributed by atoms with Crippen LogP contribution in [0.4, 0.5) is 5.13 Å². The molecular formula is C13H20N4S2. The summed E-state index contributed by atoms with van der Waals surface area (Å²) in [6, 6.07) is 0. The predicted molar refractivity (Wildman–Crippen MR) is 83.2 cm³/mol. The number of rotatable bonds is 7. The molecule has 2 aromatic heterocycles. The van der Waals surface area contributed by atoms with Crippen molar-refractivity contribution >= 4 is 27.8 Å². The molecule has 2 heterocycles. The monoisotopic (exact) mass is 296 g/mol. The summed E-state index contributed by atoms with van der Waals surface area (Å²) in [5.74, 6) is 0. The highest BCUT2D eigenvalue weighted by Crippen LogP contribution is 2.34. The first kappa shape index (κ1) is 14.4. The van der Waals surface area contributed by atoms with Gasteiger partial charge in [0, 0.05) is 6.54 Å². The van der Waals surface area contributed by atoms with E-state index in [2.05, 4.69) is 41.3 Å². The minimum Gasteiger partial charge on any atom is -0.360 e. The Morgan fingerprint density at radius 1 is 1.05 bits per heavy atom. The van der Waals surface area contributed by atoms with Crippen LogP contribution in [0.25, 0.3) is 9.88 Å². The molecule has 6 heteroatoms. The van der Waals surface area contributed by atoms with Crippen LogP contribution in [0.5, 0.6) is 0 Å². The molecule has 104 valence electrons. The first-order chi connectivity index (χ1) is 9.28. The Balaban J connectivity index is 2.15. The summed E-state index contributed by atoms with van der Waals surface area (Å²) < 4.78 is 0. The number of nitrogens with one attached hydrogen (secondary N) is 1. The topological polar surface area (TPSA) is 50.7 Å². The number of aryl methyl sites for hydroxylation is 2. The highest BCUT2D eigenvalue weighted by Gasteiger charge is 2.15. The molecule has 0 aliphatic carbocycles. The van der Waals surface area contributed by atoms with Crippen LogP contribution < -0.4 is 5.32 Å². The lowest BCUT2D eigenvalue weighted by molar-refractivity contribution is 0.831. The fourth-order valence-corrected chi connectivity index (χ4v) is 3.67. The summed E-state index contributed by atoms with van der Waals surface area (Å²) in [7, 11) is 0. The molecule has 19 heavy (non-hydrogen) atoms. The number of hydrogen-bond acceptors (Lipinski definition) is 6. The second kappa shape index (κ2) is 6.96. The third kappa shape index (κ3) is 3.51. The van der Waals surface area contributed by atoms with E-state index in [1.54, 1.807) is 22.7 Å². The van der Waals surface area contributed by atoms with Crippen LogP contribution in [0.1, 0.15) is 44.3 Å². The van der Waals surface area contributed by atoms with Crippen molar-refractivity contribution in [3.8, 4) is 9.88 Å². The fourth-order valence-electron chi connectivity index (χ4n) is 1.72. The smallest absolute Gasteiger partial charge is 0.206 e. The Bertz CT molecular complexity index is 518. The molecule has 0 atom stereocenters. The van der Waals surface area contributed by atoms with Gasteiger partial charge in [-0.25, -0.2) is 4.98 Å². The van der Waals surface area contributed by atoms with Crippen LogP contribution in [0.2, 0.25) is 0 Å². The molecule has 0 aliphatic heterocycles. The normalized spacial score (nSPS) is 10.9. The van der Waals surface area contributed by atoms with Crippen molar-refractivity contribution in [3.63, 3.8) is 0 Å². The molecule has 0 unspecified atom stereocenters. The molecule has 0 radical (unpaired) electrons. The second-order valence-corrected chi connectivity index (χ2v) is 6.34. The number of aromatic nitrogens is 3. The Labute approximate surface area is 122 Å². The van der Waals surface area contributed by atoms with Crippen molar-refractivity contribution in [2.24, 2.45) is 0 Å². The van der Waals surface area contributed by atoms with Crippen molar-refractivity contribution in [2.45, 2.75) is 46.5 Å².